The highest BCUT2D eigenvalue weighted by molar-refractivity contribution is 5.84. The number of hydrogen-bond donors (Lipinski definition) is 1. The maximum absolute atomic E-state index is 9.00. The van der Waals surface area contributed by atoms with Crippen LogP contribution in [0.3, 0.4) is 0 Å². The Morgan fingerprint density at radius 1 is 1.40 bits per heavy atom. The van der Waals surface area contributed by atoms with E-state index in [-0.39, 0.29) is 6.61 Å². The highest BCUT2D eigenvalue weighted by Crippen LogP contribution is 2.25. The lowest BCUT2D eigenvalue weighted by Crippen LogP contribution is -1.92. The van der Waals surface area contributed by atoms with Crippen molar-refractivity contribution in [2.24, 2.45) is 0 Å². The van der Waals surface area contributed by atoms with E-state index in [0.717, 1.165) is 27.8 Å². The Morgan fingerprint density at radius 2 is 2.20 bits per heavy atom. The molecule has 1 N–H and O–H groups in total. The van der Waals surface area contributed by atoms with Gasteiger partial charge in [0.1, 0.15) is 5.75 Å². The molecule has 15 heavy (non-hydrogen) atoms. The summed E-state index contributed by atoms with van der Waals surface area (Å²) in [5.74, 6) is 0.840. The number of rotatable bonds is 2. The second-order valence-corrected chi connectivity index (χ2v) is 3.47. The molecule has 0 radical (unpaired) electrons. The minimum absolute atomic E-state index is 0.0218. The summed E-state index contributed by atoms with van der Waals surface area (Å²) >= 11 is 0. The van der Waals surface area contributed by atoms with E-state index in [0.29, 0.717) is 0 Å². The molecule has 3 nitrogen and oxygen atoms in total. The van der Waals surface area contributed by atoms with E-state index in [1.54, 1.807) is 13.3 Å². The number of pyridine rings is 1. The first-order valence-corrected chi connectivity index (χ1v) is 4.79. The molecule has 0 aliphatic heterocycles. The van der Waals surface area contributed by atoms with Crippen LogP contribution in [0, 0.1) is 6.92 Å². The van der Waals surface area contributed by atoms with Gasteiger partial charge in [-0.15, -0.1) is 0 Å². The summed E-state index contributed by atoms with van der Waals surface area (Å²) in [5.41, 5.74) is 2.78. The molecule has 3 heteroatoms. The molecule has 0 aliphatic carbocycles. The smallest absolute Gasteiger partial charge is 0.123 e. The molecule has 2 aromatic rings. The number of methoxy groups -OCH3 is 1. The molecule has 2 rings (SSSR count). The van der Waals surface area contributed by atoms with E-state index >= 15 is 0 Å². The van der Waals surface area contributed by atoms with Gasteiger partial charge in [-0.05, 0) is 30.7 Å². The lowest BCUT2D eigenvalue weighted by atomic mass is 10.1. The maximum atomic E-state index is 9.00. The zero-order chi connectivity index (χ0) is 10.8. The molecule has 0 spiro atoms. The first kappa shape index (κ1) is 9.93. The number of aliphatic hydroxyl groups excluding tert-OH is 1. The molecule has 1 aromatic heterocycles. The third-order valence-electron chi connectivity index (χ3n) is 2.52. The van der Waals surface area contributed by atoms with Crippen LogP contribution in [0.1, 0.15) is 11.1 Å². The summed E-state index contributed by atoms with van der Waals surface area (Å²) < 4.78 is 5.22. The van der Waals surface area contributed by atoms with Gasteiger partial charge in [0.2, 0.25) is 0 Å². The molecule has 0 saturated heterocycles. The quantitative estimate of drug-likeness (QED) is 0.812. The first-order valence-electron chi connectivity index (χ1n) is 4.79. The molecule has 1 heterocycles. The highest BCUT2D eigenvalue weighted by Gasteiger charge is 2.05. The molecule has 1 aromatic carbocycles. The van der Waals surface area contributed by atoms with Gasteiger partial charge in [-0.25, -0.2) is 0 Å². The number of benzene rings is 1. The standard InChI is InChI=1S/C12H13NO2/c1-8-11(15-2)4-3-10-5-9(7-14)6-13-12(8)10/h3-6,14H,7H2,1-2H3. The van der Waals surface area contributed by atoms with Gasteiger partial charge >= 0.3 is 0 Å². The number of aromatic nitrogens is 1. The fourth-order valence-corrected chi connectivity index (χ4v) is 1.68. The Kier molecular flexibility index (Phi) is 2.56. The van der Waals surface area contributed by atoms with Crippen molar-refractivity contribution in [1.82, 2.24) is 4.98 Å². The zero-order valence-electron chi connectivity index (χ0n) is 8.82. The van der Waals surface area contributed by atoms with Gasteiger partial charge in [-0.3, -0.25) is 4.98 Å². The van der Waals surface area contributed by atoms with Crippen molar-refractivity contribution in [2.75, 3.05) is 7.11 Å². The lowest BCUT2D eigenvalue weighted by molar-refractivity contribution is 0.281. The van der Waals surface area contributed by atoms with Gasteiger partial charge < -0.3 is 9.84 Å². The second kappa shape index (κ2) is 3.87. The summed E-state index contributed by atoms with van der Waals surface area (Å²) in [6.07, 6.45) is 1.69. The Labute approximate surface area is 88.3 Å². The van der Waals surface area contributed by atoms with Crippen LogP contribution in [0.15, 0.2) is 24.4 Å². The zero-order valence-corrected chi connectivity index (χ0v) is 8.82. The van der Waals surface area contributed by atoms with Gasteiger partial charge in [0.05, 0.1) is 19.2 Å². The van der Waals surface area contributed by atoms with Gasteiger partial charge in [0, 0.05) is 17.1 Å². The van der Waals surface area contributed by atoms with Gasteiger partial charge in [0.25, 0.3) is 0 Å². The third-order valence-corrected chi connectivity index (χ3v) is 2.52. The van der Waals surface area contributed by atoms with Crippen LogP contribution in [0.5, 0.6) is 5.75 Å². The fourth-order valence-electron chi connectivity index (χ4n) is 1.68. The predicted molar refractivity (Wildman–Crippen MR) is 59.0 cm³/mol. The molecule has 0 fully saturated rings. The summed E-state index contributed by atoms with van der Waals surface area (Å²) in [5, 5.41) is 10.0. The largest absolute Gasteiger partial charge is 0.496 e. The van der Waals surface area contributed by atoms with E-state index in [4.69, 9.17) is 9.84 Å². The average molecular weight is 203 g/mol. The van der Waals surface area contributed by atoms with Crippen LogP contribution in [0.25, 0.3) is 10.9 Å². The summed E-state index contributed by atoms with van der Waals surface area (Å²) in [7, 11) is 1.65. The topological polar surface area (TPSA) is 42.4 Å². The number of aliphatic hydroxyl groups is 1. The van der Waals surface area contributed by atoms with Crippen LogP contribution in [-0.4, -0.2) is 17.2 Å². The molecule has 0 bridgehead atoms. The number of hydrogen-bond acceptors (Lipinski definition) is 3. The molecular formula is C12H13NO2. The molecule has 0 amide bonds. The van der Waals surface area contributed by atoms with Crippen molar-refractivity contribution in [3.63, 3.8) is 0 Å². The van der Waals surface area contributed by atoms with E-state index in [9.17, 15) is 0 Å². The van der Waals surface area contributed by atoms with Crippen molar-refractivity contribution < 1.29 is 9.84 Å². The Bertz CT molecular complexity index is 494. The minimum Gasteiger partial charge on any atom is -0.496 e. The number of ether oxygens (including phenoxy) is 1. The number of aryl methyl sites for hydroxylation is 1. The lowest BCUT2D eigenvalue weighted by Gasteiger charge is -2.07. The SMILES string of the molecule is COc1ccc2cc(CO)cnc2c1C. The number of nitrogens with zero attached hydrogens (tertiary/aromatic N) is 1. The van der Waals surface area contributed by atoms with Gasteiger partial charge in [-0.1, -0.05) is 0 Å². The second-order valence-electron chi connectivity index (χ2n) is 3.47. The monoisotopic (exact) mass is 203 g/mol. The molecule has 0 atom stereocenters. The average Bonchev–Trinajstić information content (AvgIpc) is 2.29. The van der Waals surface area contributed by atoms with Crippen molar-refractivity contribution >= 4 is 10.9 Å². The van der Waals surface area contributed by atoms with Crippen LogP contribution in [0.4, 0.5) is 0 Å². The van der Waals surface area contributed by atoms with E-state index < -0.39 is 0 Å². The third kappa shape index (κ3) is 1.66. The first-order chi connectivity index (χ1) is 7.26. The van der Waals surface area contributed by atoms with Crippen LogP contribution >= 0.6 is 0 Å². The van der Waals surface area contributed by atoms with Crippen molar-refractivity contribution in [3.8, 4) is 5.75 Å². The van der Waals surface area contributed by atoms with E-state index in [1.807, 2.05) is 25.1 Å². The Balaban J connectivity index is 2.68. The molecule has 0 unspecified atom stereocenters. The summed E-state index contributed by atoms with van der Waals surface area (Å²) in [6.45, 7) is 2.00. The molecule has 78 valence electrons. The van der Waals surface area contributed by atoms with Crippen LogP contribution in [0.2, 0.25) is 0 Å². The van der Waals surface area contributed by atoms with E-state index in [2.05, 4.69) is 4.98 Å². The molecular weight excluding hydrogens is 190 g/mol. The fraction of sp³-hybridized carbons (Fsp3) is 0.250. The normalized spacial score (nSPS) is 10.6. The Morgan fingerprint density at radius 3 is 2.87 bits per heavy atom. The van der Waals surface area contributed by atoms with Crippen LogP contribution < -0.4 is 4.74 Å². The summed E-state index contributed by atoms with van der Waals surface area (Å²) in [4.78, 5) is 4.32. The maximum Gasteiger partial charge on any atom is 0.123 e. The Hall–Kier alpha value is -1.61. The predicted octanol–water partition coefficient (Wildman–Crippen LogP) is 2.04. The number of fused-ring (bicyclic) bond motifs is 1. The van der Waals surface area contributed by atoms with Gasteiger partial charge in [0.15, 0.2) is 0 Å². The minimum atomic E-state index is 0.0218. The van der Waals surface area contributed by atoms with Gasteiger partial charge in [-0.2, -0.15) is 0 Å². The van der Waals surface area contributed by atoms with Crippen LogP contribution in [-0.2, 0) is 6.61 Å². The van der Waals surface area contributed by atoms with Crippen molar-refractivity contribution in [3.05, 3.63) is 35.5 Å². The van der Waals surface area contributed by atoms with Crippen molar-refractivity contribution in [2.45, 2.75) is 13.5 Å². The summed E-state index contributed by atoms with van der Waals surface area (Å²) in [6, 6.07) is 5.81. The highest BCUT2D eigenvalue weighted by atomic mass is 16.5. The molecule has 0 aliphatic rings. The molecule has 0 saturated carbocycles. The van der Waals surface area contributed by atoms with E-state index in [1.165, 1.54) is 0 Å². The van der Waals surface area contributed by atoms with Crippen molar-refractivity contribution in [1.29, 1.82) is 0 Å².